The molecule has 0 amide bonds. The largest absolute Gasteiger partial charge is 0.497 e. The smallest absolute Gasteiger partial charge is 0.152 e. The summed E-state index contributed by atoms with van der Waals surface area (Å²) >= 11 is 5.94. The molecule has 94 valence electrons. The molecule has 1 aromatic carbocycles. The van der Waals surface area contributed by atoms with E-state index in [9.17, 15) is 0 Å². The lowest BCUT2D eigenvalue weighted by Crippen LogP contribution is -2.03. The van der Waals surface area contributed by atoms with Crippen molar-refractivity contribution >= 4 is 11.6 Å². The first-order valence-electron chi connectivity index (χ1n) is 5.98. The van der Waals surface area contributed by atoms with E-state index in [1.54, 1.807) is 7.11 Å². The zero-order valence-electron chi connectivity index (χ0n) is 10.1. The van der Waals surface area contributed by atoms with Crippen LogP contribution in [0.3, 0.4) is 0 Å². The third kappa shape index (κ3) is 1.97. The number of nitrogens with zero attached hydrogens (tertiary/aromatic N) is 3. The van der Waals surface area contributed by atoms with E-state index in [1.807, 2.05) is 28.8 Å². The highest BCUT2D eigenvalue weighted by molar-refractivity contribution is 6.16. The average molecular weight is 264 g/mol. The van der Waals surface area contributed by atoms with Crippen LogP contribution in [-0.4, -0.2) is 21.9 Å². The summed E-state index contributed by atoms with van der Waals surface area (Å²) in [5, 5.41) is 8.44. The number of aromatic nitrogens is 3. The summed E-state index contributed by atoms with van der Waals surface area (Å²) in [7, 11) is 1.66. The van der Waals surface area contributed by atoms with E-state index in [0.717, 1.165) is 23.1 Å². The van der Waals surface area contributed by atoms with Crippen LogP contribution in [0, 0.1) is 0 Å². The zero-order valence-corrected chi connectivity index (χ0v) is 10.9. The normalized spacial score (nSPS) is 14.8. The number of hydrogen-bond donors (Lipinski definition) is 0. The highest BCUT2D eigenvalue weighted by Gasteiger charge is 2.30. The van der Waals surface area contributed by atoms with Gasteiger partial charge in [-0.25, -0.2) is 0 Å². The second-order valence-corrected chi connectivity index (χ2v) is 4.69. The number of halogens is 1. The van der Waals surface area contributed by atoms with Crippen LogP contribution in [0.15, 0.2) is 24.3 Å². The fourth-order valence-electron chi connectivity index (χ4n) is 2.05. The van der Waals surface area contributed by atoms with Crippen LogP contribution in [0.25, 0.3) is 5.69 Å². The molecule has 4 nitrogen and oxygen atoms in total. The maximum atomic E-state index is 5.94. The van der Waals surface area contributed by atoms with E-state index < -0.39 is 0 Å². The van der Waals surface area contributed by atoms with Crippen molar-refractivity contribution in [2.45, 2.75) is 24.6 Å². The Kier molecular flexibility index (Phi) is 2.96. The minimum atomic E-state index is 0.358. The summed E-state index contributed by atoms with van der Waals surface area (Å²) in [6.45, 7) is 0. The summed E-state index contributed by atoms with van der Waals surface area (Å²) < 4.78 is 7.30. The lowest BCUT2D eigenvalue weighted by Gasteiger charge is -2.10. The van der Waals surface area contributed by atoms with Crippen LogP contribution < -0.4 is 4.74 Å². The molecule has 0 bridgehead atoms. The van der Waals surface area contributed by atoms with Gasteiger partial charge in [-0.1, -0.05) is 6.07 Å². The number of hydrogen-bond acceptors (Lipinski definition) is 3. The first-order valence-corrected chi connectivity index (χ1v) is 6.51. The Balaban J connectivity index is 2.10. The molecule has 1 fully saturated rings. The summed E-state index contributed by atoms with van der Waals surface area (Å²) in [6, 6.07) is 7.88. The molecule has 5 heteroatoms. The van der Waals surface area contributed by atoms with Gasteiger partial charge in [-0.15, -0.1) is 21.8 Å². The number of ether oxygens (including phenoxy) is 1. The predicted octanol–water partition coefficient (Wildman–Crippen LogP) is 2.89. The average Bonchev–Trinajstić information content (AvgIpc) is 3.18. The van der Waals surface area contributed by atoms with Crippen molar-refractivity contribution < 1.29 is 4.74 Å². The van der Waals surface area contributed by atoms with Crippen LogP contribution in [0.2, 0.25) is 0 Å². The van der Waals surface area contributed by atoms with Crippen molar-refractivity contribution in [2.24, 2.45) is 0 Å². The van der Waals surface area contributed by atoms with Gasteiger partial charge in [0.05, 0.1) is 18.7 Å². The van der Waals surface area contributed by atoms with E-state index in [4.69, 9.17) is 16.3 Å². The number of rotatable bonds is 4. The van der Waals surface area contributed by atoms with Gasteiger partial charge in [0.25, 0.3) is 0 Å². The Hall–Kier alpha value is -1.55. The van der Waals surface area contributed by atoms with Gasteiger partial charge in [0.15, 0.2) is 5.82 Å². The number of alkyl halides is 1. The van der Waals surface area contributed by atoms with Crippen LogP contribution in [0.5, 0.6) is 5.75 Å². The lowest BCUT2D eigenvalue weighted by atomic mass is 10.2. The Labute approximate surface area is 111 Å². The van der Waals surface area contributed by atoms with E-state index in [1.165, 1.54) is 12.8 Å². The highest BCUT2D eigenvalue weighted by atomic mass is 35.5. The molecule has 1 aromatic heterocycles. The Morgan fingerprint density at radius 1 is 1.39 bits per heavy atom. The molecular weight excluding hydrogens is 250 g/mol. The molecule has 1 aliphatic carbocycles. The molecular formula is C13H14ClN3O. The Morgan fingerprint density at radius 3 is 2.89 bits per heavy atom. The number of benzene rings is 1. The highest BCUT2D eigenvalue weighted by Crippen LogP contribution is 2.40. The molecule has 0 N–H and O–H groups in total. The Bertz CT molecular complexity index is 563. The van der Waals surface area contributed by atoms with Gasteiger partial charge >= 0.3 is 0 Å². The van der Waals surface area contributed by atoms with Gasteiger partial charge in [-0.3, -0.25) is 4.57 Å². The third-order valence-electron chi connectivity index (χ3n) is 3.13. The fourth-order valence-corrected chi connectivity index (χ4v) is 2.23. The molecule has 18 heavy (non-hydrogen) atoms. The summed E-state index contributed by atoms with van der Waals surface area (Å²) in [5.41, 5.74) is 1.01. The van der Waals surface area contributed by atoms with Gasteiger partial charge in [0.1, 0.15) is 11.6 Å². The molecule has 1 aliphatic rings. The van der Waals surface area contributed by atoms with Crippen LogP contribution in [-0.2, 0) is 5.88 Å². The van der Waals surface area contributed by atoms with Crippen molar-refractivity contribution in [1.82, 2.24) is 14.8 Å². The molecule has 0 radical (unpaired) electrons. The molecule has 3 rings (SSSR count). The van der Waals surface area contributed by atoms with E-state index >= 15 is 0 Å². The predicted molar refractivity (Wildman–Crippen MR) is 69.4 cm³/mol. The summed E-state index contributed by atoms with van der Waals surface area (Å²) in [6.07, 6.45) is 2.37. The molecule has 2 aromatic rings. The molecule has 1 heterocycles. The Morgan fingerprint density at radius 2 is 2.22 bits per heavy atom. The molecule has 0 saturated heterocycles. The first-order chi connectivity index (χ1) is 8.83. The molecule has 0 aliphatic heterocycles. The van der Waals surface area contributed by atoms with Crippen LogP contribution >= 0.6 is 11.6 Å². The van der Waals surface area contributed by atoms with Crippen molar-refractivity contribution in [1.29, 1.82) is 0 Å². The fraction of sp³-hybridized carbons (Fsp3) is 0.385. The standard InChI is InChI=1S/C13H14ClN3O/c1-18-11-4-2-3-10(7-11)17-12(8-14)15-16-13(17)9-5-6-9/h2-4,7,9H,5-6,8H2,1H3. The van der Waals surface area contributed by atoms with Gasteiger partial charge < -0.3 is 4.74 Å². The third-order valence-corrected chi connectivity index (χ3v) is 3.37. The second kappa shape index (κ2) is 4.61. The van der Waals surface area contributed by atoms with Crippen LogP contribution in [0.4, 0.5) is 0 Å². The maximum Gasteiger partial charge on any atom is 0.152 e. The molecule has 1 saturated carbocycles. The van der Waals surface area contributed by atoms with Gasteiger partial charge in [-0.2, -0.15) is 0 Å². The maximum absolute atomic E-state index is 5.94. The van der Waals surface area contributed by atoms with Crippen molar-refractivity contribution in [3.8, 4) is 11.4 Å². The molecule has 0 unspecified atom stereocenters. The van der Waals surface area contributed by atoms with Gasteiger partial charge in [0, 0.05) is 12.0 Å². The van der Waals surface area contributed by atoms with Gasteiger partial charge in [-0.05, 0) is 25.0 Å². The summed E-state index contributed by atoms with van der Waals surface area (Å²) in [5.74, 6) is 3.51. The van der Waals surface area contributed by atoms with E-state index in [2.05, 4.69) is 10.2 Å². The quantitative estimate of drug-likeness (QED) is 0.797. The van der Waals surface area contributed by atoms with E-state index in [-0.39, 0.29) is 0 Å². The SMILES string of the molecule is COc1cccc(-n2c(CCl)nnc2C2CC2)c1. The summed E-state index contributed by atoms with van der Waals surface area (Å²) in [4.78, 5) is 0. The van der Waals surface area contributed by atoms with Crippen molar-refractivity contribution in [3.05, 3.63) is 35.9 Å². The topological polar surface area (TPSA) is 39.9 Å². The number of methoxy groups -OCH3 is 1. The van der Waals surface area contributed by atoms with Crippen molar-refractivity contribution in [2.75, 3.05) is 7.11 Å². The van der Waals surface area contributed by atoms with E-state index in [0.29, 0.717) is 11.8 Å². The first kappa shape index (κ1) is 11.5. The van der Waals surface area contributed by atoms with Crippen molar-refractivity contribution in [3.63, 3.8) is 0 Å². The molecule has 0 atom stereocenters. The lowest BCUT2D eigenvalue weighted by molar-refractivity contribution is 0.414. The van der Waals surface area contributed by atoms with Crippen LogP contribution in [0.1, 0.15) is 30.4 Å². The second-order valence-electron chi connectivity index (χ2n) is 4.42. The monoisotopic (exact) mass is 263 g/mol. The minimum Gasteiger partial charge on any atom is -0.497 e. The van der Waals surface area contributed by atoms with Gasteiger partial charge in [0.2, 0.25) is 0 Å². The minimum absolute atomic E-state index is 0.358. The zero-order chi connectivity index (χ0) is 12.5. The molecule has 0 spiro atoms.